The van der Waals surface area contributed by atoms with E-state index < -0.39 is 0 Å². The van der Waals surface area contributed by atoms with Gasteiger partial charge in [-0.15, -0.1) is 11.3 Å². The number of rotatable bonds is 3. The summed E-state index contributed by atoms with van der Waals surface area (Å²) in [6, 6.07) is 2.20. The Kier molecular flexibility index (Phi) is 3.57. The number of hydrogen-bond acceptors (Lipinski definition) is 2. The summed E-state index contributed by atoms with van der Waals surface area (Å²) < 4.78 is 0. The molecule has 0 amide bonds. The fourth-order valence-corrected chi connectivity index (χ4v) is 3.56. The first kappa shape index (κ1) is 10.9. The minimum atomic E-state index is 0.872. The van der Waals surface area contributed by atoms with E-state index in [-0.39, 0.29) is 0 Å². The molecule has 2 rings (SSSR count). The highest BCUT2D eigenvalue weighted by Gasteiger charge is 2.15. The molecule has 0 radical (unpaired) electrons. The fraction of sp³-hybridized carbons (Fsp3) is 0.615. The molecule has 0 saturated heterocycles. The lowest BCUT2D eigenvalue weighted by molar-refractivity contribution is 0.112. The molecule has 0 N–H and O–H groups in total. The Bertz CT molecular complexity index is 334. The molecule has 0 aliphatic heterocycles. The van der Waals surface area contributed by atoms with Gasteiger partial charge in [-0.3, -0.25) is 4.79 Å². The molecule has 1 fully saturated rings. The minimum Gasteiger partial charge on any atom is -0.297 e. The van der Waals surface area contributed by atoms with E-state index in [2.05, 4.69) is 6.07 Å². The van der Waals surface area contributed by atoms with Gasteiger partial charge in [0.25, 0.3) is 0 Å². The van der Waals surface area contributed by atoms with Gasteiger partial charge >= 0.3 is 0 Å². The molecule has 1 aromatic heterocycles. The van der Waals surface area contributed by atoms with Crippen LogP contribution >= 0.6 is 11.3 Å². The molecule has 0 unspecified atom stereocenters. The van der Waals surface area contributed by atoms with Crippen molar-refractivity contribution in [2.75, 3.05) is 0 Å². The largest absolute Gasteiger partial charge is 0.297 e. The lowest BCUT2D eigenvalue weighted by Crippen LogP contribution is -2.08. The molecule has 1 saturated carbocycles. The van der Waals surface area contributed by atoms with Crippen LogP contribution in [-0.4, -0.2) is 6.29 Å². The van der Waals surface area contributed by atoms with Crippen LogP contribution in [0.25, 0.3) is 0 Å². The van der Waals surface area contributed by atoms with Crippen molar-refractivity contribution < 1.29 is 4.79 Å². The average molecular weight is 222 g/mol. The zero-order chi connectivity index (χ0) is 10.7. The smallest absolute Gasteiger partial charge is 0.160 e. The Morgan fingerprint density at radius 2 is 2.13 bits per heavy atom. The predicted octanol–water partition coefficient (Wildman–Crippen LogP) is 3.99. The van der Waals surface area contributed by atoms with E-state index >= 15 is 0 Å². The standard InChI is InChI=1S/C13H18OS/c1-10-7-12(15-13(10)9-14)8-11-5-3-2-4-6-11/h7,9,11H,2-6,8H2,1H3. The van der Waals surface area contributed by atoms with Gasteiger partial charge in [0, 0.05) is 4.88 Å². The first-order valence-electron chi connectivity index (χ1n) is 5.84. The van der Waals surface area contributed by atoms with Gasteiger partial charge in [0.05, 0.1) is 4.88 Å². The second-order valence-electron chi connectivity index (χ2n) is 4.59. The SMILES string of the molecule is Cc1cc(CC2CCCCC2)sc1C=O. The molecule has 1 aliphatic rings. The maximum Gasteiger partial charge on any atom is 0.160 e. The molecule has 1 aliphatic carbocycles. The third-order valence-electron chi connectivity index (χ3n) is 3.33. The van der Waals surface area contributed by atoms with E-state index in [1.54, 1.807) is 11.3 Å². The average Bonchev–Trinajstić information content (AvgIpc) is 2.60. The first-order valence-corrected chi connectivity index (χ1v) is 6.65. The van der Waals surface area contributed by atoms with Crippen LogP contribution in [-0.2, 0) is 6.42 Å². The van der Waals surface area contributed by atoms with Crippen molar-refractivity contribution in [3.05, 3.63) is 21.4 Å². The van der Waals surface area contributed by atoms with Crippen molar-refractivity contribution in [3.8, 4) is 0 Å². The van der Waals surface area contributed by atoms with Crippen LogP contribution in [0.15, 0.2) is 6.07 Å². The maximum atomic E-state index is 10.7. The van der Waals surface area contributed by atoms with Crippen molar-refractivity contribution >= 4 is 17.6 Å². The molecular weight excluding hydrogens is 204 g/mol. The summed E-state index contributed by atoms with van der Waals surface area (Å²) in [6.45, 7) is 2.03. The zero-order valence-electron chi connectivity index (χ0n) is 9.29. The van der Waals surface area contributed by atoms with Gasteiger partial charge in [-0.25, -0.2) is 0 Å². The minimum absolute atomic E-state index is 0.872. The summed E-state index contributed by atoms with van der Waals surface area (Å²) in [5.41, 5.74) is 1.15. The molecular formula is C13H18OS. The third kappa shape index (κ3) is 2.69. The number of thiophene rings is 1. The molecule has 1 aromatic rings. The van der Waals surface area contributed by atoms with Crippen LogP contribution in [0.2, 0.25) is 0 Å². The van der Waals surface area contributed by atoms with Crippen LogP contribution in [0.5, 0.6) is 0 Å². The van der Waals surface area contributed by atoms with E-state index in [9.17, 15) is 4.79 Å². The van der Waals surface area contributed by atoms with Crippen molar-refractivity contribution in [2.24, 2.45) is 5.92 Å². The van der Waals surface area contributed by atoms with Crippen LogP contribution < -0.4 is 0 Å². The Hall–Kier alpha value is -0.630. The molecule has 0 aromatic carbocycles. The van der Waals surface area contributed by atoms with Gasteiger partial charge in [-0.2, -0.15) is 0 Å². The maximum absolute atomic E-state index is 10.7. The fourth-order valence-electron chi connectivity index (χ4n) is 2.46. The van der Waals surface area contributed by atoms with Crippen LogP contribution in [0, 0.1) is 12.8 Å². The van der Waals surface area contributed by atoms with Crippen LogP contribution in [0.4, 0.5) is 0 Å². The van der Waals surface area contributed by atoms with Crippen molar-refractivity contribution in [1.82, 2.24) is 0 Å². The summed E-state index contributed by atoms with van der Waals surface area (Å²) in [5.74, 6) is 0.872. The highest BCUT2D eigenvalue weighted by molar-refractivity contribution is 7.13. The normalized spacial score (nSPS) is 17.9. The van der Waals surface area contributed by atoms with Crippen molar-refractivity contribution in [2.45, 2.75) is 45.4 Å². The first-order chi connectivity index (χ1) is 7.29. The summed E-state index contributed by atoms with van der Waals surface area (Å²) in [4.78, 5) is 13.1. The van der Waals surface area contributed by atoms with Gasteiger partial charge in [-0.1, -0.05) is 32.1 Å². The van der Waals surface area contributed by atoms with E-state index in [4.69, 9.17) is 0 Å². The number of carbonyl (C=O) groups excluding carboxylic acids is 1. The van der Waals surface area contributed by atoms with Gasteiger partial charge in [0.15, 0.2) is 6.29 Å². The van der Waals surface area contributed by atoms with Gasteiger partial charge in [-0.05, 0) is 30.9 Å². The Morgan fingerprint density at radius 1 is 1.40 bits per heavy atom. The Morgan fingerprint density at radius 3 is 2.73 bits per heavy atom. The summed E-state index contributed by atoms with van der Waals surface area (Å²) in [5, 5.41) is 0. The van der Waals surface area contributed by atoms with Gasteiger partial charge in [0.1, 0.15) is 0 Å². The Labute approximate surface area is 95.5 Å². The lowest BCUT2D eigenvalue weighted by Gasteiger charge is -2.20. The van der Waals surface area contributed by atoms with Crippen molar-refractivity contribution in [1.29, 1.82) is 0 Å². The second kappa shape index (κ2) is 4.93. The molecule has 15 heavy (non-hydrogen) atoms. The van der Waals surface area contributed by atoms with Crippen LogP contribution in [0.3, 0.4) is 0 Å². The lowest BCUT2D eigenvalue weighted by atomic mass is 9.86. The zero-order valence-corrected chi connectivity index (χ0v) is 10.1. The van der Waals surface area contributed by atoms with E-state index in [0.29, 0.717) is 0 Å². The van der Waals surface area contributed by atoms with Crippen LogP contribution in [0.1, 0.15) is 52.2 Å². The molecule has 1 heterocycles. The highest BCUT2D eigenvalue weighted by atomic mass is 32.1. The third-order valence-corrected chi connectivity index (χ3v) is 4.51. The highest BCUT2D eigenvalue weighted by Crippen LogP contribution is 2.30. The summed E-state index contributed by atoms with van der Waals surface area (Å²) >= 11 is 1.69. The predicted molar refractivity (Wildman–Crippen MR) is 64.7 cm³/mol. The summed E-state index contributed by atoms with van der Waals surface area (Å²) in [7, 11) is 0. The number of aldehydes is 1. The van der Waals surface area contributed by atoms with Gasteiger partial charge < -0.3 is 0 Å². The molecule has 82 valence electrons. The quantitative estimate of drug-likeness (QED) is 0.707. The van der Waals surface area contributed by atoms with Gasteiger partial charge in [0.2, 0.25) is 0 Å². The monoisotopic (exact) mass is 222 g/mol. The molecule has 0 spiro atoms. The second-order valence-corrected chi connectivity index (χ2v) is 5.75. The number of carbonyl (C=O) groups is 1. The van der Waals surface area contributed by atoms with E-state index in [0.717, 1.165) is 22.6 Å². The van der Waals surface area contributed by atoms with E-state index in [1.807, 2.05) is 6.92 Å². The molecule has 2 heteroatoms. The molecule has 0 bridgehead atoms. The topological polar surface area (TPSA) is 17.1 Å². The Balaban J connectivity index is 2.00. The van der Waals surface area contributed by atoms with E-state index in [1.165, 1.54) is 43.4 Å². The molecule has 0 atom stereocenters. The number of hydrogen-bond donors (Lipinski definition) is 0. The molecule has 1 nitrogen and oxygen atoms in total. The number of aryl methyl sites for hydroxylation is 1. The summed E-state index contributed by atoms with van der Waals surface area (Å²) in [6.07, 6.45) is 9.16. The van der Waals surface area contributed by atoms with Crippen molar-refractivity contribution in [3.63, 3.8) is 0 Å².